The average molecular weight is 318 g/mol. The van der Waals surface area contributed by atoms with E-state index in [9.17, 15) is 10.1 Å². The summed E-state index contributed by atoms with van der Waals surface area (Å²) in [7, 11) is 3.32. The van der Waals surface area contributed by atoms with Crippen LogP contribution < -0.4 is 15.0 Å². The van der Waals surface area contributed by atoms with Gasteiger partial charge >= 0.3 is 5.69 Å². The third kappa shape index (κ3) is 4.07. The lowest BCUT2D eigenvalue weighted by Gasteiger charge is -2.17. The molecule has 8 heteroatoms. The van der Waals surface area contributed by atoms with Gasteiger partial charge in [-0.05, 0) is 30.3 Å². The van der Waals surface area contributed by atoms with E-state index < -0.39 is 4.92 Å². The summed E-state index contributed by atoms with van der Waals surface area (Å²) in [4.78, 5) is 16.7. The zero-order valence-corrected chi connectivity index (χ0v) is 12.9. The number of nitrogens with zero attached hydrogens (tertiary/aromatic N) is 3. The lowest BCUT2D eigenvalue weighted by molar-refractivity contribution is -0.384. The van der Waals surface area contributed by atoms with Gasteiger partial charge in [0, 0.05) is 25.3 Å². The van der Waals surface area contributed by atoms with Gasteiger partial charge in [0.2, 0.25) is 5.82 Å². The number of pyridine rings is 1. The molecule has 0 unspecified atom stereocenters. The van der Waals surface area contributed by atoms with Crippen molar-refractivity contribution in [2.24, 2.45) is 0 Å². The summed E-state index contributed by atoms with van der Waals surface area (Å²) in [5.74, 6) is 1.36. The molecule has 122 valence electrons. The molecular weight excluding hydrogens is 300 g/mol. The van der Waals surface area contributed by atoms with Crippen LogP contribution in [0.4, 0.5) is 23.0 Å². The molecule has 23 heavy (non-hydrogen) atoms. The maximum atomic E-state index is 11.2. The summed E-state index contributed by atoms with van der Waals surface area (Å²) in [6.45, 7) is 0.350. The van der Waals surface area contributed by atoms with E-state index in [4.69, 9.17) is 9.84 Å². The summed E-state index contributed by atoms with van der Waals surface area (Å²) >= 11 is 0. The van der Waals surface area contributed by atoms with Crippen LogP contribution in [-0.4, -0.2) is 42.3 Å². The summed E-state index contributed by atoms with van der Waals surface area (Å²) in [6.07, 6.45) is 0. The quantitative estimate of drug-likeness (QED) is 0.596. The van der Waals surface area contributed by atoms with Gasteiger partial charge in [-0.3, -0.25) is 10.1 Å². The standard InChI is InChI=1S/C15H18N4O4/c1-18(9-10-20)14-8-7-13(19(21)22)15(17-14)16-11-3-5-12(23-2)6-4-11/h3-8,20H,9-10H2,1-2H3,(H,16,17). The molecule has 1 heterocycles. The zero-order chi connectivity index (χ0) is 16.8. The minimum atomic E-state index is -0.491. The van der Waals surface area contributed by atoms with E-state index in [-0.39, 0.29) is 18.1 Å². The molecule has 0 radical (unpaired) electrons. The molecule has 2 rings (SSSR count). The van der Waals surface area contributed by atoms with Crippen LogP contribution in [0.1, 0.15) is 0 Å². The van der Waals surface area contributed by atoms with Crippen molar-refractivity contribution in [3.05, 3.63) is 46.5 Å². The molecule has 1 aromatic carbocycles. The number of benzene rings is 1. The first-order chi connectivity index (χ1) is 11.0. The lowest BCUT2D eigenvalue weighted by atomic mass is 10.3. The fourth-order valence-corrected chi connectivity index (χ4v) is 1.97. The number of rotatable bonds is 7. The number of hydrogen-bond donors (Lipinski definition) is 2. The molecule has 8 nitrogen and oxygen atoms in total. The molecule has 0 aliphatic carbocycles. The number of aliphatic hydroxyl groups is 1. The van der Waals surface area contributed by atoms with Gasteiger partial charge in [-0.15, -0.1) is 0 Å². The van der Waals surface area contributed by atoms with Crippen molar-refractivity contribution < 1.29 is 14.8 Å². The SMILES string of the molecule is COc1ccc(Nc2nc(N(C)CCO)ccc2[N+](=O)[O-])cc1. The Morgan fingerprint density at radius 2 is 2.00 bits per heavy atom. The minimum Gasteiger partial charge on any atom is -0.497 e. The number of aliphatic hydroxyl groups excluding tert-OH is 1. The highest BCUT2D eigenvalue weighted by Crippen LogP contribution is 2.28. The Morgan fingerprint density at radius 1 is 1.30 bits per heavy atom. The second kappa shape index (κ2) is 7.41. The lowest BCUT2D eigenvalue weighted by Crippen LogP contribution is -2.22. The Hall–Kier alpha value is -2.87. The van der Waals surface area contributed by atoms with Gasteiger partial charge < -0.3 is 20.1 Å². The minimum absolute atomic E-state index is 0.0313. The second-order valence-electron chi connectivity index (χ2n) is 4.79. The van der Waals surface area contributed by atoms with Crippen LogP contribution in [-0.2, 0) is 0 Å². The first-order valence-electron chi connectivity index (χ1n) is 6.93. The van der Waals surface area contributed by atoms with Crippen LogP contribution in [0.2, 0.25) is 0 Å². The number of methoxy groups -OCH3 is 1. The third-order valence-electron chi connectivity index (χ3n) is 3.24. The van der Waals surface area contributed by atoms with Gasteiger partial charge in [-0.25, -0.2) is 4.98 Å². The van der Waals surface area contributed by atoms with E-state index in [0.717, 1.165) is 0 Å². The topological polar surface area (TPSA) is 101 Å². The molecule has 0 fully saturated rings. The molecule has 2 N–H and O–H groups in total. The Labute approximate surface area is 133 Å². The number of ether oxygens (including phenoxy) is 1. The van der Waals surface area contributed by atoms with Gasteiger partial charge in [0.25, 0.3) is 0 Å². The number of likely N-dealkylation sites (N-methyl/N-ethyl adjacent to an activating group) is 1. The van der Waals surface area contributed by atoms with Crippen LogP contribution in [0, 0.1) is 10.1 Å². The Morgan fingerprint density at radius 3 is 2.57 bits per heavy atom. The first kappa shape index (κ1) is 16.5. The van der Waals surface area contributed by atoms with Crippen LogP contribution in [0.25, 0.3) is 0 Å². The fraction of sp³-hybridized carbons (Fsp3) is 0.267. The molecule has 2 aromatic rings. The maximum absolute atomic E-state index is 11.2. The van der Waals surface area contributed by atoms with Crippen LogP contribution >= 0.6 is 0 Å². The van der Waals surface area contributed by atoms with Gasteiger partial charge in [0.1, 0.15) is 11.6 Å². The van der Waals surface area contributed by atoms with Crippen molar-refractivity contribution in [1.82, 2.24) is 4.98 Å². The highest BCUT2D eigenvalue weighted by molar-refractivity contribution is 5.68. The predicted molar refractivity (Wildman–Crippen MR) is 87.5 cm³/mol. The van der Waals surface area contributed by atoms with Crippen molar-refractivity contribution in [1.29, 1.82) is 0 Å². The largest absolute Gasteiger partial charge is 0.497 e. The van der Waals surface area contributed by atoms with E-state index in [0.29, 0.717) is 23.8 Å². The second-order valence-corrected chi connectivity index (χ2v) is 4.79. The van der Waals surface area contributed by atoms with Crippen LogP contribution in [0.5, 0.6) is 5.75 Å². The highest BCUT2D eigenvalue weighted by atomic mass is 16.6. The number of aromatic nitrogens is 1. The average Bonchev–Trinajstić information content (AvgIpc) is 2.55. The number of anilines is 3. The van der Waals surface area contributed by atoms with E-state index in [1.54, 1.807) is 49.4 Å². The Kier molecular flexibility index (Phi) is 5.32. The maximum Gasteiger partial charge on any atom is 0.311 e. The van der Waals surface area contributed by atoms with Crippen molar-refractivity contribution in [2.45, 2.75) is 0 Å². The Balaban J connectivity index is 2.32. The number of nitro groups is 1. The van der Waals surface area contributed by atoms with Crippen molar-refractivity contribution in [3.63, 3.8) is 0 Å². The first-order valence-corrected chi connectivity index (χ1v) is 6.93. The van der Waals surface area contributed by atoms with E-state index >= 15 is 0 Å². The molecule has 0 saturated carbocycles. The molecule has 0 amide bonds. The molecular formula is C15H18N4O4. The summed E-state index contributed by atoms with van der Waals surface area (Å²) in [5.41, 5.74) is 0.533. The number of nitrogens with one attached hydrogen (secondary N) is 1. The molecule has 0 aliphatic heterocycles. The summed E-state index contributed by atoms with van der Waals surface area (Å²) in [5, 5.41) is 23.1. The Bertz CT molecular complexity index is 676. The van der Waals surface area contributed by atoms with Gasteiger partial charge in [-0.1, -0.05) is 0 Å². The molecule has 0 saturated heterocycles. The van der Waals surface area contributed by atoms with Crippen molar-refractivity contribution in [2.75, 3.05) is 37.5 Å². The summed E-state index contributed by atoms with van der Waals surface area (Å²) in [6, 6.07) is 9.92. The predicted octanol–water partition coefficient (Wildman–Crippen LogP) is 2.17. The molecule has 0 atom stereocenters. The van der Waals surface area contributed by atoms with Crippen molar-refractivity contribution >= 4 is 23.0 Å². The van der Waals surface area contributed by atoms with E-state index in [2.05, 4.69) is 10.3 Å². The highest BCUT2D eigenvalue weighted by Gasteiger charge is 2.17. The zero-order valence-electron chi connectivity index (χ0n) is 12.9. The third-order valence-corrected chi connectivity index (χ3v) is 3.24. The summed E-state index contributed by atoms with van der Waals surface area (Å²) < 4.78 is 5.08. The molecule has 0 bridgehead atoms. The van der Waals surface area contributed by atoms with Gasteiger partial charge in [0.05, 0.1) is 18.6 Å². The molecule has 1 aromatic heterocycles. The van der Waals surface area contributed by atoms with Gasteiger partial charge in [0.15, 0.2) is 0 Å². The number of hydrogen-bond acceptors (Lipinski definition) is 7. The molecule has 0 spiro atoms. The monoisotopic (exact) mass is 318 g/mol. The fourth-order valence-electron chi connectivity index (χ4n) is 1.97. The normalized spacial score (nSPS) is 10.2. The molecule has 0 aliphatic rings. The van der Waals surface area contributed by atoms with Crippen LogP contribution in [0.3, 0.4) is 0 Å². The van der Waals surface area contributed by atoms with E-state index in [1.165, 1.54) is 6.07 Å². The van der Waals surface area contributed by atoms with Crippen LogP contribution in [0.15, 0.2) is 36.4 Å². The van der Waals surface area contributed by atoms with Gasteiger partial charge in [-0.2, -0.15) is 0 Å². The van der Waals surface area contributed by atoms with E-state index in [1.807, 2.05) is 0 Å². The van der Waals surface area contributed by atoms with Crippen molar-refractivity contribution in [3.8, 4) is 5.75 Å². The smallest absolute Gasteiger partial charge is 0.311 e.